The third-order valence-electron chi connectivity index (χ3n) is 4.94. The molecule has 25 heavy (non-hydrogen) atoms. The molecule has 0 saturated heterocycles. The first-order chi connectivity index (χ1) is 12.2. The van der Waals surface area contributed by atoms with Gasteiger partial charge in [-0.15, -0.1) is 0 Å². The molecule has 2 aliphatic heterocycles. The van der Waals surface area contributed by atoms with E-state index >= 15 is 0 Å². The minimum absolute atomic E-state index is 0.00757. The van der Waals surface area contributed by atoms with Crippen LogP contribution in [0.1, 0.15) is 29.2 Å². The zero-order chi connectivity index (χ0) is 17.2. The number of benzene rings is 2. The largest absolute Gasteiger partial charge is 0.364 e. The third-order valence-corrected chi connectivity index (χ3v) is 4.94. The minimum Gasteiger partial charge on any atom is -0.364 e. The topological polar surface area (TPSA) is 29.5 Å². The number of carbonyl (C=O) groups excluding carboxylic acids is 1. The number of hydrogen-bond donors (Lipinski definition) is 0. The molecule has 2 aromatic rings. The van der Waals surface area contributed by atoms with Crippen molar-refractivity contribution in [3.63, 3.8) is 0 Å². The van der Waals surface area contributed by atoms with E-state index in [0.29, 0.717) is 19.6 Å². The van der Waals surface area contributed by atoms with E-state index in [1.165, 1.54) is 17.7 Å². The number of ether oxygens (including phenoxy) is 1. The highest BCUT2D eigenvalue weighted by atomic mass is 19.1. The van der Waals surface area contributed by atoms with Gasteiger partial charge in [-0.05, 0) is 35.2 Å². The van der Waals surface area contributed by atoms with Crippen LogP contribution in [-0.4, -0.2) is 30.1 Å². The van der Waals surface area contributed by atoms with Crippen molar-refractivity contribution >= 4 is 5.91 Å². The number of hydrogen-bond acceptors (Lipinski definition) is 2. The fourth-order valence-corrected chi connectivity index (χ4v) is 3.69. The lowest BCUT2D eigenvalue weighted by atomic mass is 9.87. The Morgan fingerprint density at radius 2 is 1.88 bits per heavy atom. The van der Waals surface area contributed by atoms with Gasteiger partial charge >= 0.3 is 0 Å². The minimum atomic E-state index is -0.432. The van der Waals surface area contributed by atoms with Gasteiger partial charge in [0.2, 0.25) is 0 Å². The van der Waals surface area contributed by atoms with E-state index < -0.39 is 6.10 Å². The molecule has 2 atom stereocenters. The van der Waals surface area contributed by atoms with Gasteiger partial charge in [-0.3, -0.25) is 4.79 Å². The van der Waals surface area contributed by atoms with Crippen LogP contribution in [0.25, 0.3) is 0 Å². The van der Waals surface area contributed by atoms with Crippen LogP contribution in [0.15, 0.2) is 60.7 Å². The first-order valence-electron chi connectivity index (χ1n) is 8.64. The predicted octanol–water partition coefficient (Wildman–Crippen LogP) is 3.64. The van der Waals surface area contributed by atoms with Gasteiger partial charge in [0.05, 0.1) is 12.6 Å². The molecule has 2 aliphatic rings. The summed E-state index contributed by atoms with van der Waals surface area (Å²) < 4.78 is 19.0. The van der Waals surface area contributed by atoms with Crippen molar-refractivity contribution in [3.8, 4) is 0 Å². The van der Waals surface area contributed by atoms with E-state index in [-0.39, 0.29) is 17.8 Å². The summed E-state index contributed by atoms with van der Waals surface area (Å²) in [6.45, 7) is 1.11. The Bertz CT molecular complexity index is 800. The number of carbonyl (C=O) groups is 1. The molecule has 0 saturated carbocycles. The summed E-state index contributed by atoms with van der Waals surface area (Å²) in [5.74, 6) is -0.264. The molecular weight excluding hydrogens is 317 g/mol. The number of nitrogens with zero attached hydrogens (tertiary/aromatic N) is 1. The zero-order valence-corrected chi connectivity index (χ0v) is 13.9. The highest BCUT2D eigenvalue weighted by Gasteiger charge is 2.35. The lowest BCUT2D eigenvalue weighted by molar-refractivity contribution is -0.145. The smallest absolute Gasteiger partial charge is 0.252 e. The lowest BCUT2D eigenvalue weighted by Crippen LogP contribution is -2.46. The highest BCUT2D eigenvalue weighted by molar-refractivity contribution is 5.82. The average molecular weight is 337 g/mol. The molecule has 2 aromatic carbocycles. The lowest BCUT2D eigenvalue weighted by Gasteiger charge is -2.39. The molecule has 128 valence electrons. The first-order valence-corrected chi connectivity index (χ1v) is 8.64. The fraction of sp³-hybridized carbons (Fsp3) is 0.286. The average Bonchev–Trinajstić information content (AvgIpc) is 2.68. The van der Waals surface area contributed by atoms with Crippen molar-refractivity contribution in [3.05, 3.63) is 83.2 Å². The standard InChI is InChI=1S/C21H20FNO2/c22-17-10-8-16(9-11-17)20-18-6-2-1-5-15(18)12-13-23(20)21(24)19-7-3-4-14-25-19/h1-6,8-11,19-20H,7,12-14H2/t19-,20+/m1/s1. The molecule has 4 heteroatoms. The van der Waals surface area contributed by atoms with Crippen LogP contribution in [0.2, 0.25) is 0 Å². The fourth-order valence-electron chi connectivity index (χ4n) is 3.69. The summed E-state index contributed by atoms with van der Waals surface area (Å²) in [6.07, 6.45) is 4.93. The van der Waals surface area contributed by atoms with Gasteiger partial charge in [-0.2, -0.15) is 0 Å². The van der Waals surface area contributed by atoms with Gasteiger partial charge in [0.25, 0.3) is 5.91 Å². The Morgan fingerprint density at radius 1 is 1.08 bits per heavy atom. The Kier molecular flexibility index (Phi) is 4.36. The van der Waals surface area contributed by atoms with Crippen molar-refractivity contribution in [2.45, 2.75) is 25.0 Å². The van der Waals surface area contributed by atoms with Crippen LogP contribution in [0.4, 0.5) is 4.39 Å². The Hall–Kier alpha value is -2.46. The maximum atomic E-state index is 13.4. The second kappa shape index (κ2) is 6.81. The summed E-state index contributed by atoms with van der Waals surface area (Å²) in [4.78, 5) is 15.0. The van der Waals surface area contributed by atoms with E-state index in [2.05, 4.69) is 12.1 Å². The normalized spacial score (nSPS) is 22.5. The van der Waals surface area contributed by atoms with Crippen LogP contribution in [0.5, 0.6) is 0 Å². The summed E-state index contributed by atoms with van der Waals surface area (Å²) in [5.41, 5.74) is 3.28. The molecule has 3 nitrogen and oxygen atoms in total. The van der Waals surface area contributed by atoms with Crippen LogP contribution in [0.3, 0.4) is 0 Å². The van der Waals surface area contributed by atoms with Crippen molar-refractivity contribution in [2.75, 3.05) is 13.2 Å². The maximum absolute atomic E-state index is 13.4. The molecule has 0 spiro atoms. The predicted molar refractivity (Wildman–Crippen MR) is 93.6 cm³/mol. The first kappa shape index (κ1) is 16.0. The highest BCUT2D eigenvalue weighted by Crippen LogP contribution is 2.36. The molecule has 0 unspecified atom stereocenters. The number of halogens is 1. The zero-order valence-electron chi connectivity index (χ0n) is 13.9. The summed E-state index contributed by atoms with van der Waals surface area (Å²) in [5, 5.41) is 0. The van der Waals surface area contributed by atoms with E-state index in [0.717, 1.165) is 17.5 Å². The van der Waals surface area contributed by atoms with Crippen LogP contribution in [0, 0.1) is 5.82 Å². The van der Waals surface area contributed by atoms with E-state index in [4.69, 9.17) is 4.74 Å². The number of amides is 1. The maximum Gasteiger partial charge on any atom is 0.252 e. The molecular formula is C21H20FNO2. The van der Waals surface area contributed by atoms with Gasteiger partial charge in [0.15, 0.2) is 0 Å². The van der Waals surface area contributed by atoms with E-state index in [1.54, 1.807) is 12.1 Å². The van der Waals surface area contributed by atoms with E-state index in [9.17, 15) is 9.18 Å². The quantitative estimate of drug-likeness (QED) is 0.783. The molecule has 1 amide bonds. The summed E-state index contributed by atoms with van der Waals surface area (Å²) >= 11 is 0. The van der Waals surface area contributed by atoms with Gasteiger partial charge in [-0.1, -0.05) is 48.6 Å². The Morgan fingerprint density at radius 3 is 2.64 bits per heavy atom. The summed E-state index contributed by atoms with van der Waals surface area (Å²) in [7, 11) is 0. The molecule has 4 rings (SSSR count). The SMILES string of the molecule is O=C([C@H]1CC=CCO1)N1CCc2ccccc2[C@@H]1c1ccc(F)cc1. The monoisotopic (exact) mass is 337 g/mol. The molecule has 0 aliphatic carbocycles. The van der Waals surface area contributed by atoms with Crippen LogP contribution < -0.4 is 0 Å². The van der Waals surface area contributed by atoms with Gasteiger partial charge < -0.3 is 9.64 Å². The van der Waals surface area contributed by atoms with Crippen molar-refractivity contribution in [1.29, 1.82) is 0 Å². The second-order valence-electron chi connectivity index (χ2n) is 6.46. The number of fused-ring (bicyclic) bond motifs is 1. The Balaban J connectivity index is 1.73. The molecule has 0 fully saturated rings. The molecule has 0 radical (unpaired) electrons. The van der Waals surface area contributed by atoms with Gasteiger partial charge in [0, 0.05) is 13.0 Å². The molecule has 2 heterocycles. The van der Waals surface area contributed by atoms with Crippen molar-refractivity contribution < 1.29 is 13.9 Å². The second-order valence-corrected chi connectivity index (χ2v) is 6.46. The van der Waals surface area contributed by atoms with Crippen LogP contribution >= 0.6 is 0 Å². The number of rotatable bonds is 2. The van der Waals surface area contributed by atoms with Gasteiger partial charge in [-0.25, -0.2) is 4.39 Å². The summed E-state index contributed by atoms with van der Waals surface area (Å²) in [6, 6.07) is 14.4. The van der Waals surface area contributed by atoms with Crippen LogP contribution in [-0.2, 0) is 16.0 Å². The van der Waals surface area contributed by atoms with Gasteiger partial charge in [0.1, 0.15) is 11.9 Å². The molecule has 0 aromatic heterocycles. The van der Waals surface area contributed by atoms with E-state index in [1.807, 2.05) is 29.2 Å². The molecule has 0 bridgehead atoms. The molecule has 0 N–H and O–H groups in total. The third kappa shape index (κ3) is 3.10. The van der Waals surface area contributed by atoms with Crippen molar-refractivity contribution in [1.82, 2.24) is 4.90 Å². The Labute approximate surface area is 146 Å². The van der Waals surface area contributed by atoms with Crippen molar-refractivity contribution in [2.24, 2.45) is 0 Å².